The van der Waals surface area contributed by atoms with Crippen LogP contribution in [0.2, 0.25) is 0 Å². The van der Waals surface area contributed by atoms with E-state index in [2.05, 4.69) is 15.3 Å². The molecule has 2 rings (SSSR count). The number of nitrogens with zero attached hydrogens (tertiary/aromatic N) is 2. The van der Waals surface area contributed by atoms with E-state index in [-0.39, 0.29) is 5.97 Å². The number of anilines is 2. The Morgan fingerprint density at radius 3 is 2.83 bits per heavy atom. The molecule has 0 unspecified atom stereocenters. The number of nitrogens with one attached hydrogen (secondary N) is 1. The number of aryl methyl sites for hydroxylation is 2. The van der Waals surface area contributed by atoms with Crippen LogP contribution in [0.3, 0.4) is 0 Å². The van der Waals surface area contributed by atoms with Gasteiger partial charge >= 0.3 is 5.97 Å². The van der Waals surface area contributed by atoms with Crippen molar-refractivity contribution < 1.29 is 9.53 Å². The highest BCUT2D eigenvalue weighted by molar-refractivity contribution is 7.17. The summed E-state index contributed by atoms with van der Waals surface area (Å²) in [5, 5.41) is 3.81. The highest BCUT2D eigenvalue weighted by atomic mass is 32.1. The van der Waals surface area contributed by atoms with Gasteiger partial charge in [-0.1, -0.05) is 11.3 Å². The van der Waals surface area contributed by atoms with Gasteiger partial charge in [-0.15, -0.1) is 0 Å². The predicted octanol–water partition coefficient (Wildman–Crippen LogP) is 2.69. The normalized spacial score (nSPS) is 10.2. The highest BCUT2D eigenvalue weighted by Crippen LogP contribution is 2.26. The van der Waals surface area contributed by atoms with Crippen molar-refractivity contribution in [1.29, 1.82) is 0 Å². The maximum absolute atomic E-state index is 11.5. The Balaban J connectivity index is 2.26. The topological polar surface area (TPSA) is 64.1 Å². The lowest BCUT2D eigenvalue weighted by molar-refractivity contribution is 0.0605. The van der Waals surface area contributed by atoms with Crippen molar-refractivity contribution in [2.75, 3.05) is 12.4 Å². The van der Waals surface area contributed by atoms with Crippen molar-refractivity contribution in [3.8, 4) is 0 Å². The number of rotatable bonds is 3. The van der Waals surface area contributed by atoms with Crippen LogP contribution in [0.4, 0.5) is 10.8 Å². The molecule has 0 aromatic carbocycles. The third-order valence-corrected chi connectivity index (χ3v) is 3.47. The standard InChI is InChI=1S/C12H13N3O2S/c1-7-9(5-4-6-13-7)15-12-14-8(2)10(18-12)11(16)17-3/h4-6H,1-3H3,(H,14,15). The van der Waals surface area contributed by atoms with Gasteiger partial charge in [-0.2, -0.15) is 0 Å². The fraction of sp³-hybridized carbons (Fsp3) is 0.250. The maximum atomic E-state index is 11.5. The van der Waals surface area contributed by atoms with Crippen LogP contribution >= 0.6 is 11.3 Å². The van der Waals surface area contributed by atoms with E-state index in [4.69, 9.17) is 4.74 Å². The second-order valence-electron chi connectivity index (χ2n) is 3.69. The van der Waals surface area contributed by atoms with Crippen LogP contribution < -0.4 is 5.32 Å². The Kier molecular flexibility index (Phi) is 3.57. The summed E-state index contributed by atoms with van der Waals surface area (Å²) < 4.78 is 4.70. The number of methoxy groups -OCH3 is 1. The summed E-state index contributed by atoms with van der Waals surface area (Å²) in [4.78, 5) is 20.5. The van der Waals surface area contributed by atoms with Gasteiger partial charge < -0.3 is 10.1 Å². The van der Waals surface area contributed by atoms with Crippen molar-refractivity contribution in [3.05, 3.63) is 34.6 Å². The molecule has 5 nitrogen and oxygen atoms in total. The van der Waals surface area contributed by atoms with Gasteiger partial charge in [-0.05, 0) is 26.0 Å². The van der Waals surface area contributed by atoms with Crippen molar-refractivity contribution >= 4 is 28.1 Å². The average Bonchev–Trinajstić information content (AvgIpc) is 2.72. The number of carbonyl (C=O) groups excluding carboxylic acids is 1. The number of hydrogen-bond donors (Lipinski definition) is 1. The van der Waals surface area contributed by atoms with E-state index in [1.807, 2.05) is 19.1 Å². The first-order chi connectivity index (χ1) is 8.61. The smallest absolute Gasteiger partial charge is 0.350 e. The van der Waals surface area contributed by atoms with E-state index in [0.29, 0.717) is 15.7 Å². The quantitative estimate of drug-likeness (QED) is 0.862. The molecule has 2 aromatic heterocycles. The van der Waals surface area contributed by atoms with Crippen LogP contribution in [0.15, 0.2) is 18.3 Å². The first-order valence-electron chi connectivity index (χ1n) is 5.36. The van der Waals surface area contributed by atoms with Crippen LogP contribution in [0, 0.1) is 13.8 Å². The Bertz CT molecular complexity index is 580. The number of esters is 1. The molecule has 0 atom stereocenters. The molecular weight excluding hydrogens is 250 g/mol. The number of hydrogen-bond acceptors (Lipinski definition) is 6. The molecule has 0 aliphatic rings. The number of aromatic nitrogens is 2. The molecule has 1 N–H and O–H groups in total. The minimum absolute atomic E-state index is 0.360. The number of pyridine rings is 1. The largest absolute Gasteiger partial charge is 0.465 e. The monoisotopic (exact) mass is 263 g/mol. The molecular formula is C12H13N3O2S. The van der Waals surface area contributed by atoms with E-state index in [9.17, 15) is 4.79 Å². The summed E-state index contributed by atoms with van der Waals surface area (Å²) in [7, 11) is 1.36. The third kappa shape index (κ3) is 2.48. The van der Waals surface area contributed by atoms with Gasteiger partial charge in [0.2, 0.25) is 0 Å². The first kappa shape index (κ1) is 12.5. The van der Waals surface area contributed by atoms with Gasteiger partial charge in [0.1, 0.15) is 4.88 Å². The SMILES string of the molecule is COC(=O)c1sc(Nc2cccnc2C)nc1C. The lowest BCUT2D eigenvalue weighted by Gasteiger charge is -2.04. The van der Waals surface area contributed by atoms with Gasteiger partial charge in [0.15, 0.2) is 5.13 Å². The molecule has 0 spiro atoms. The fourth-order valence-electron chi connectivity index (χ4n) is 1.46. The summed E-state index contributed by atoms with van der Waals surface area (Å²) in [6, 6.07) is 3.76. The lowest BCUT2D eigenvalue weighted by atomic mass is 10.3. The van der Waals surface area contributed by atoms with Crippen LogP contribution in [0.25, 0.3) is 0 Å². The number of ether oxygens (including phenoxy) is 1. The molecule has 0 saturated carbocycles. The van der Waals surface area contributed by atoms with Crippen LogP contribution in [-0.4, -0.2) is 23.0 Å². The first-order valence-corrected chi connectivity index (χ1v) is 6.18. The van der Waals surface area contributed by atoms with Crippen molar-refractivity contribution in [1.82, 2.24) is 9.97 Å². The number of thiazole rings is 1. The molecule has 0 radical (unpaired) electrons. The van der Waals surface area contributed by atoms with Crippen LogP contribution in [0.1, 0.15) is 21.1 Å². The molecule has 0 saturated heterocycles. The number of carbonyl (C=O) groups is 1. The lowest BCUT2D eigenvalue weighted by Crippen LogP contribution is -1.99. The van der Waals surface area contributed by atoms with Gasteiger partial charge in [0, 0.05) is 6.20 Å². The van der Waals surface area contributed by atoms with Crippen LogP contribution in [0.5, 0.6) is 0 Å². The van der Waals surface area contributed by atoms with E-state index in [1.165, 1.54) is 18.4 Å². The molecule has 0 aliphatic heterocycles. The second-order valence-corrected chi connectivity index (χ2v) is 4.69. The molecule has 2 aromatic rings. The Morgan fingerprint density at radius 1 is 1.39 bits per heavy atom. The maximum Gasteiger partial charge on any atom is 0.350 e. The highest BCUT2D eigenvalue weighted by Gasteiger charge is 2.15. The van der Waals surface area contributed by atoms with Crippen molar-refractivity contribution in [2.45, 2.75) is 13.8 Å². The van der Waals surface area contributed by atoms with E-state index in [0.717, 1.165) is 11.4 Å². The van der Waals surface area contributed by atoms with Gasteiger partial charge in [0.05, 0.1) is 24.2 Å². The summed E-state index contributed by atoms with van der Waals surface area (Å²) in [6.07, 6.45) is 1.73. The van der Waals surface area contributed by atoms with E-state index < -0.39 is 0 Å². The second kappa shape index (κ2) is 5.14. The Labute approximate surface area is 109 Å². The van der Waals surface area contributed by atoms with Gasteiger partial charge in [-0.25, -0.2) is 9.78 Å². The molecule has 0 fully saturated rings. The Hall–Kier alpha value is -1.95. The molecule has 0 amide bonds. The zero-order valence-corrected chi connectivity index (χ0v) is 11.2. The summed E-state index contributed by atoms with van der Waals surface area (Å²) in [5.41, 5.74) is 2.42. The van der Waals surface area contributed by atoms with Gasteiger partial charge in [-0.3, -0.25) is 4.98 Å². The molecule has 0 aliphatic carbocycles. The molecule has 94 valence electrons. The predicted molar refractivity (Wildman–Crippen MR) is 70.4 cm³/mol. The van der Waals surface area contributed by atoms with Gasteiger partial charge in [0.25, 0.3) is 0 Å². The zero-order chi connectivity index (χ0) is 13.1. The van der Waals surface area contributed by atoms with Crippen LogP contribution in [-0.2, 0) is 4.74 Å². The van der Waals surface area contributed by atoms with E-state index in [1.54, 1.807) is 13.1 Å². The summed E-state index contributed by atoms with van der Waals surface area (Å²) >= 11 is 1.27. The minimum atomic E-state index is -0.360. The summed E-state index contributed by atoms with van der Waals surface area (Å²) in [6.45, 7) is 3.69. The minimum Gasteiger partial charge on any atom is -0.465 e. The third-order valence-electron chi connectivity index (χ3n) is 2.42. The molecule has 6 heteroatoms. The van der Waals surface area contributed by atoms with Crippen molar-refractivity contribution in [3.63, 3.8) is 0 Å². The average molecular weight is 263 g/mol. The van der Waals surface area contributed by atoms with Crippen molar-refractivity contribution in [2.24, 2.45) is 0 Å². The molecule has 0 bridgehead atoms. The molecule has 2 heterocycles. The summed E-state index contributed by atoms with van der Waals surface area (Å²) in [5.74, 6) is -0.360. The molecule has 18 heavy (non-hydrogen) atoms. The zero-order valence-electron chi connectivity index (χ0n) is 10.4. The fourth-order valence-corrected chi connectivity index (χ4v) is 2.36. The van der Waals surface area contributed by atoms with E-state index >= 15 is 0 Å². The Morgan fingerprint density at radius 2 is 2.17 bits per heavy atom.